The standard InChI is InChI=1S/C14H23FN2O/c1-10(2)17(7-8-18-4)14-6-5-12(15)9-13(14)11(3)16/h5-6,9-11H,7-8,16H2,1-4H3. The van der Waals surface area contributed by atoms with Gasteiger partial charge in [-0.1, -0.05) is 0 Å². The molecule has 0 spiro atoms. The van der Waals surface area contributed by atoms with E-state index in [4.69, 9.17) is 10.5 Å². The molecule has 2 N–H and O–H groups in total. The summed E-state index contributed by atoms with van der Waals surface area (Å²) in [5, 5.41) is 0. The molecule has 0 aromatic heterocycles. The van der Waals surface area contributed by atoms with E-state index in [-0.39, 0.29) is 11.9 Å². The normalized spacial score (nSPS) is 12.8. The highest BCUT2D eigenvalue weighted by Gasteiger charge is 2.16. The molecule has 0 radical (unpaired) electrons. The van der Waals surface area contributed by atoms with Gasteiger partial charge in [0.1, 0.15) is 5.82 Å². The van der Waals surface area contributed by atoms with Crippen LogP contribution in [-0.2, 0) is 4.74 Å². The summed E-state index contributed by atoms with van der Waals surface area (Å²) in [6.45, 7) is 7.47. The van der Waals surface area contributed by atoms with E-state index < -0.39 is 0 Å². The van der Waals surface area contributed by atoms with Gasteiger partial charge >= 0.3 is 0 Å². The van der Waals surface area contributed by atoms with Crippen LogP contribution in [0.1, 0.15) is 32.4 Å². The van der Waals surface area contributed by atoms with E-state index in [1.807, 2.05) is 6.92 Å². The largest absolute Gasteiger partial charge is 0.383 e. The van der Waals surface area contributed by atoms with Crippen LogP contribution in [0.25, 0.3) is 0 Å². The molecule has 0 heterocycles. The molecule has 0 aliphatic carbocycles. The van der Waals surface area contributed by atoms with Crippen molar-refractivity contribution < 1.29 is 9.13 Å². The molecule has 1 atom stereocenters. The fourth-order valence-electron chi connectivity index (χ4n) is 2.00. The molecular weight excluding hydrogens is 231 g/mol. The minimum absolute atomic E-state index is 0.195. The second-order valence-corrected chi connectivity index (χ2v) is 4.77. The summed E-state index contributed by atoms with van der Waals surface area (Å²) in [7, 11) is 1.68. The Balaban J connectivity index is 3.10. The molecule has 1 aromatic rings. The van der Waals surface area contributed by atoms with Crippen LogP contribution in [0.5, 0.6) is 0 Å². The molecule has 0 saturated heterocycles. The van der Waals surface area contributed by atoms with Crippen LogP contribution >= 0.6 is 0 Å². The molecule has 0 saturated carbocycles. The van der Waals surface area contributed by atoms with E-state index in [1.54, 1.807) is 13.2 Å². The van der Waals surface area contributed by atoms with E-state index in [9.17, 15) is 4.39 Å². The molecule has 1 unspecified atom stereocenters. The average molecular weight is 254 g/mol. The number of benzene rings is 1. The summed E-state index contributed by atoms with van der Waals surface area (Å²) in [5.41, 5.74) is 7.74. The Hall–Kier alpha value is -1.13. The lowest BCUT2D eigenvalue weighted by Gasteiger charge is -2.31. The molecule has 3 nitrogen and oxygen atoms in total. The van der Waals surface area contributed by atoms with Gasteiger partial charge in [-0.05, 0) is 44.5 Å². The Labute approximate surface area is 109 Å². The van der Waals surface area contributed by atoms with Gasteiger partial charge in [0, 0.05) is 31.4 Å². The first-order valence-corrected chi connectivity index (χ1v) is 6.28. The van der Waals surface area contributed by atoms with Gasteiger partial charge in [-0.25, -0.2) is 4.39 Å². The molecule has 4 heteroatoms. The van der Waals surface area contributed by atoms with Gasteiger partial charge in [0.05, 0.1) is 6.61 Å². The predicted molar refractivity (Wildman–Crippen MR) is 73.4 cm³/mol. The third kappa shape index (κ3) is 3.68. The smallest absolute Gasteiger partial charge is 0.123 e. The van der Waals surface area contributed by atoms with Crippen molar-refractivity contribution in [3.63, 3.8) is 0 Å². The van der Waals surface area contributed by atoms with E-state index in [0.717, 1.165) is 17.8 Å². The van der Waals surface area contributed by atoms with Crippen molar-refractivity contribution in [2.75, 3.05) is 25.2 Å². The van der Waals surface area contributed by atoms with Gasteiger partial charge in [-0.2, -0.15) is 0 Å². The van der Waals surface area contributed by atoms with Crippen molar-refractivity contribution >= 4 is 5.69 Å². The van der Waals surface area contributed by atoms with Crippen LogP contribution in [0, 0.1) is 5.82 Å². The first-order valence-electron chi connectivity index (χ1n) is 6.28. The number of rotatable bonds is 6. The van der Waals surface area contributed by atoms with Crippen LogP contribution in [0.2, 0.25) is 0 Å². The zero-order valence-corrected chi connectivity index (χ0v) is 11.6. The zero-order valence-electron chi connectivity index (χ0n) is 11.6. The van der Waals surface area contributed by atoms with Gasteiger partial charge in [-0.15, -0.1) is 0 Å². The van der Waals surface area contributed by atoms with Crippen LogP contribution in [-0.4, -0.2) is 26.3 Å². The molecule has 1 rings (SSSR count). The number of hydrogen-bond acceptors (Lipinski definition) is 3. The summed E-state index contributed by atoms with van der Waals surface area (Å²) in [4.78, 5) is 2.18. The van der Waals surface area contributed by atoms with E-state index >= 15 is 0 Å². The third-order valence-electron chi connectivity index (χ3n) is 2.95. The van der Waals surface area contributed by atoms with Gasteiger partial charge in [0.25, 0.3) is 0 Å². The Morgan fingerprint density at radius 3 is 2.50 bits per heavy atom. The van der Waals surface area contributed by atoms with Crippen molar-refractivity contribution in [3.05, 3.63) is 29.6 Å². The van der Waals surface area contributed by atoms with Gasteiger partial charge in [0.2, 0.25) is 0 Å². The lowest BCUT2D eigenvalue weighted by molar-refractivity contribution is 0.203. The van der Waals surface area contributed by atoms with Crippen molar-refractivity contribution in [1.82, 2.24) is 0 Å². The quantitative estimate of drug-likeness (QED) is 0.848. The van der Waals surface area contributed by atoms with Crippen LogP contribution < -0.4 is 10.6 Å². The highest BCUT2D eigenvalue weighted by molar-refractivity contribution is 5.55. The SMILES string of the molecule is COCCN(c1ccc(F)cc1C(C)N)C(C)C. The van der Waals surface area contributed by atoms with E-state index in [0.29, 0.717) is 12.6 Å². The summed E-state index contributed by atoms with van der Waals surface area (Å²) in [5.74, 6) is -0.249. The molecule has 18 heavy (non-hydrogen) atoms. The Morgan fingerprint density at radius 1 is 1.33 bits per heavy atom. The Bertz CT molecular complexity index is 380. The maximum Gasteiger partial charge on any atom is 0.123 e. The van der Waals surface area contributed by atoms with Gasteiger partial charge in [0.15, 0.2) is 0 Å². The zero-order chi connectivity index (χ0) is 13.7. The third-order valence-corrected chi connectivity index (χ3v) is 2.95. The number of nitrogens with two attached hydrogens (primary N) is 1. The van der Waals surface area contributed by atoms with Gasteiger partial charge < -0.3 is 15.4 Å². The fourth-order valence-corrected chi connectivity index (χ4v) is 2.00. The number of hydrogen-bond donors (Lipinski definition) is 1. The first kappa shape index (κ1) is 14.9. The molecule has 0 aliphatic rings. The lowest BCUT2D eigenvalue weighted by atomic mass is 10.0. The number of ether oxygens (including phenoxy) is 1. The molecule has 0 amide bonds. The van der Waals surface area contributed by atoms with Crippen molar-refractivity contribution in [1.29, 1.82) is 0 Å². The van der Waals surface area contributed by atoms with Crippen LogP contribution in [0.4, 0.5) is 10.1 Å². The van der Waals surface area contributed by atoms with E-state index in [1.165, 1.54) is 12.1 Å². The van der Waals surface area contributed by atoms with Crippen molar-refractivity contribution in [2.45, 2.75) is 32.9 Å². The Morgan fingerprint density at radius 2 is 2.00 bits per heavy atom. The average Bonchev–Trinajstić information content (AvgIpc) is 2.30. The second kappa shape index (κ2) is 6.71. The molecule has 0 bridgehead atoms. The maximum atomic E-state index is 13.3. The lowest BCUT2D eigenvalue weighted by Crippen LogP contribution is -2.35. The topological polar surface area (TPSA) is 38.5 Å². The fraction of sp³-hybridized carbons (Fsp3) is 0.571. The minimum Gasteiger partial charge on any atom is -0.383 e. The number of nitrogens with zero attached hydrogens (tertiary/aromatic N) is 1. The number of methoxy groups -OCH3 is 1. The predicted octanol–water partition coefficient (Wildman–Crippen LogP) is 2.71. The molecular formula is C14H23FN2O. The van der Waals surface area contributed by atoms with Gasteiger partial charge in [-0.3, -0.25) is 0 Å². The second-order valence-electron chi connectivity index (χ2n) is 4.77. The maximum absolute atomic E-state index is 13.3. The first-order chi connectivity index (χ1) is 8.47. The summed E-state index contributed by atoms with van der Waals surface area (Å²) >= 11 is 0. The molecule has 0 aliphatic heterocycles. The van der Waals surface area contributed by atoms with Crippen LogP contribution in [0.15, 0.2) is 18.2 Å². The Kier molecular flexibility index (Phi) is 5.56. The van der Waals surface area contributed by atoms with Crippen LogP contribution in [0.3, 0.4) is 0 Å². The summed E-state index contributed by atoms with van der Waals surface area (Å²) < 4.78 is 18.4. The summed E-state index contributed by atoms with van der Waals surface area (Å²) in [6.07, 6.45) is 0. The molecule has 102 valence electrons. The highest BCUT2D eigenvalue weighted by Crippen LogP contribution is 2.27. The molecule has 0 fully saturated rings. The highest BCUT2D eigenvalue weighted by atomic mass is 19.1. The minimum atomic E-state index is -0.249. The monoisotopic (exact) mass is 254 g/mol. The van der Waals surface area contributed by atoms with Crippen molar-refractivity contribution in [2.24, 2.45) is 5.73 Å². The van der Waals surface area contributed by atoms with Crippen molar-refractivity contribution in [3.8, 4) is 0 Å². The van der Waals surface area contributed by atoms with E-state index in [2.05, 4.69) is 18.7 Å². The summed E-state index contributed by atoms with van der Waals surface area (Å²) in [6, 6.07) is 4.90. The number of halogens is 1. The molecule has 1 aromatic carbocycles. The number of anilines is 1.